The Morgan fingerprint density at radius 3 is 2.57 bits per heavy atom. The van der Waals surface area contributed by atoms with E-state index in [0.717, 1.165) is 28.4 Å². The maximum Gasteiger partial charge on any atom is 0.250 e. The van der Waals surface area contributed by atoms with E-state index < -0.39 is 0 Å². The highest BCUT2D eigenvalue weighted by molar-refractivity contribution is 7.99. The van der Waals surface area contributed by atoms with E-state index in [4.69, 9.17) is 0 Å². The number of thioether (sulfide) groups is 1. The van der Waals surface area contributed by atoms with E-state index in [1.165, 1.54) is 17.7 Å². The van der Waals surface area contributed by atoms with Crippen molar-refractivity contribution in [3.8, 4) is 5.69 Å². The van der Waals surface area contributed by atoms with Gasteiger partial charge in [-0.15, -0.1) is 11.8 Å². The number of carbonyl (C=O) groups is 1. The highest BCUT2D eigenvalue weighted by Crippen LogP contribution is 2.20. The van der Waals surface area contributed by atoms with Gasteiger partial charge in [-0.1, -0.05) is 30.3 Å². The molecule has 0 atom stereocenters. The number of amides is 1. The van der Waals surface area contributed by atoms with Crippen LogP contribution in [0.15, 0.2) is 65.8 Å². The lowest BCUT2D eigenvalue weighted by Crippen LogP contribution is -2.19. The molecule has 1 amide bonds. The van der Waals surface area contributed by atoms with Gasteiger partial charge in [-0.3, -0.25) is 4.79 Å². The third kappa shape index (κ3) is 5.10. The van der Waals surface area contributed by atoms with Gasteiger partial charge in [-0.2, -0.15) is 5.10 Å². The van der Waals surface area contributed by atoms with Crippen LogP contribution in [0.4, 0.5) is 4.39 Å². The molecule has 0 spiro atoms. The van der Waals surface area contributed by atoms with Crippen LogP contribution in [-0.2, 0) is 10.5 Å². The normalized spacial score (nSPS) is 11.1. The molecule has 0 saturated carbocycles. The molecule has 0 aliphatic heterocycles. The number of carbonyl (C=O) groups excluding carboxylic acids is 1. The Labute approximate surface area is 168 Å². The van der Waals surface area contributed by atoms with Crippen LogP contribution in [-0.4, -0.2) is 22.4 Å². The monoisotopic (exact) mass is 395 g/mol. The first-order valence-corrected chi connectivity index (χ1v) is 10.1. The van der Waals surface area contributed by atoms with Crippen molar-refractivity contribution < 1.29 is 9.18 Å². The zero-order valence-corrected chi connectivity index (χ0v) is 16.7. The zero-order valence-electron chi connectivity index (χ0n) is 15.9. The van der Waals surface area contributed by atoms with Gasteiger partial charge >= 0.3 is 0 Å². The van der Waals surface area contributed by atoms with Crippen molar-refractivity contribution in [3.63, 3.8) is 0 Å². The second-order valence-electron chi connectivity index (χ2n) is 6.41. The third-order valence-electron chi connectivity index (χ3n) is 4.29. The summed E-state index contributed by atoms with van der Waals surface area (Å²) in [6, 6.07) is 18.4. The lowest BCUT2D eigenvalue weighted by molar-refractivity contribution is -0.118. The predicted octanol–water partition coefficient (Wildman–Crippen LogP) is 4.62. The van der Waals surface area contributed by atoms with Crippen LogP contribution in [0.1, 0.15) is 22.5 Å². The third-order valence-corrected chi connectivity index (χ3v) is 5.30. The molecule has 144 valence electrons. The lowest BCUT2D eigenvalue weighted by Gasteiger charge is -2.09. The molecule has 0 unspecified atom stereocenters. The molecule has 0 saturated heterocycles. The molecule has 1 N–H and O–H groups in total. The smallest absolute Gasteiger partial charge is 0.250 e. The highest BCUT2D eigenvalue weighted by atomic mass is 32.2. The number of aryl methyl sites for hydroxylation is 1. The van der Waals surface area contributed by atoms with Crippen molar-refractivity contribution in [3.05, 3.63) is 89.0 Å². The van der Waals surface area contributed by atoms with Crippen molar-refractivity contribution in [1.29, 1.82) is 0 Å². The molecule has 0 aliphatic rings. The average Bonchev–Trinajstić information content (AvgIpc) is 2.97. The quantitative estimate of drug-likeness (QED) is 0.469. The summed E-state index contributed by atoms with van der Waals surface area (Å²) in [5.41, 5.74) is 7.53. The van der Waals surface area contributed by atoms with E-state index in [2.05, 4.69) is 10.5 Å². The molecule has 0 bridgehead atoms. The van der Waals surface area contributed by atoms with Crippen molar-refractivity contribution in [2.24, 2.45) is 5.10 Å². The predicted molar refractivity (Wildman–Crippen MR) is 114 cm³/mol. The molecule has 0 radical (unpaired) electrons. The van der Waals surface area contributed by atoms with Gasteiger partial charge < -0.3 is 4.57 Å². The first-order valence-electron chi connectivity index (χ1n) is 8.93. The Balaban J connectivity index is 1.56. The highest BCUT2D eigenvalue weighted by Gasteiger charge is 2.09. The SMILES string of the molecule is Cc1cc(/C=N\NC(=O)CSCc2ccccc2)c(C)n1-c1ccc(F)cc1. The van der Waals surface area contributed by atoms with Crippen molar-refractivity contribution in [2.45, 2.75) is 19.6 Å². The average molecular weight is 396 g/mol. The van der Waals surface area contributed by atoms with Crippen molar-refractivity contribution in [2.75, 3.05) is 5.75 Å². The molecule has 1 heterocycles. The summed E-state index contributed by atoms with van der Waals surface area (Å²) in [6.07, 6.45) is 1.64. The molecule has 28 heavy (non-hydrogen) atoms. The Morgan fingerprint density at radius 2 is 1.86 bits per heavy atom. The summed E-state index contributed by atoms with van der Waals surface area (Å²) in [4.78, 5) is 11.9. The van der Waals surface area contributed by atoms with E-state index in [-0.39, 0.29) is 11.7 Å². The van der Waals surface area contributed by atoms with Crippen LogP contribution in [0.2, 0.25) is 0 Å². The summed E-state index contributed by atoms with van der Waals surface area (Å²) in [5, 5.41) is 4.08. The van der Waals surface area contributed by atoms with Gasteiger partial charge in [0.25, 0.3) is 0 Å². The van der Waals surface area contributed by atoms with E-state index in [1.54, 1.807) is 30.1 Å². The van der Waals surface area contributed by atoms with Gasteiger partial charge in [0, 0.05) is 28.4 Å². The van der Waals surface area contributed by atoms with Gasteiger partial charge in [-0.25, -0.2) is 9.82 Å². The number of nitrogens with one attached hydrogen (secondary N) is 1. The van der Waals surface area contributed by atoms with E-state index in [9.17, 15) is 9.18 Å². The number of hydrogen-bond acceptors (Lipinski definition) is 3. The number of nitrogens with zero attached hydrogens (tertiary/aromatic N) is 2. The largest absolute Gasteiger partial charge is 0.318 e. The van der Waals surface area contributed by atoms with Crippen LogP contribution in [0.25, 0.3) is 5.69 Å². The number of halogens is 1. The molecule has 4 nitrogen and oxygen atoms in total. The maximum absolute atomic E-state index is 13.2. The topological polar surface area (TPSA) is 46.4 Å². The molecule has 2 aromatic carbocycles. The van der Waals surface area contributed by atoms with Gasteiger partial charge in [0.05, 0.1) is 12.0 Å². The minimum Gasteiger partial charge on any atom is -0.318 e. The summed E-state index contributed by atoms with van der Waals surface area (Å²) >= 11 is 1.55. The zero-order chi connectivity index (χ0) is 19.9. The second kappa shape index (κ2) is 9.37. The van der Waals surface area contributed by atoms with Gasteiger partial charge in [-0.05, 0) is 49.7 Å². The number of aromatic nitrogens is 1. The second-order valence-corrected chi connectivity index (χ2v) is 7.40. The van der Waals surface area contributed by atoms with Crippen LogP contribution in [0.5, 0.6) is 0 Å². The Bertz CT molecular complexity index is 965. The van der Waals surface area contributed by atoms with Crippen LogP contribution >= 0.6 is 11.8 Å². The Hall–Kier alpha value is -2.86. The Morgan fingerprint density at radius 1 is 1.14 bits per heavy atom. The van der Waals surface area contributed by atoms with Crippen LogP contribution in [0, 0.1) is 19.7 Å². The number of benzene rings is 2. The first kappa shape index (κ1) is 19.9. The molecule has 1 aromatic heterocycles. The molecule has 3 aromatic rings. The number of hydrazone groups is 1. The maximum atomic E-state index is 13.2. The fraction of sp³-hybridized carbons (Fsp3) is 0.182. The van der Waals surface area contributed by atoms with Gasteiger partial charge in [0.15, 0.2) is 0 Å². The fourth-order valence-electron chi connectivity index (χ4n) is 2.95. The summed E-state index contributed by atoms with van der Waals surface area (Å²) in [7, 11) is 0. The minimum absolute atomic E-state index is 0.135. The number of rotatable bonds is 7. The first-order chi connectivity index (χ1) is 13.5. The molecular weight excluding hydrogens is 373 g/mol. The fourth-order valence-corrected chi connectivity index (χ4v) is 3.73. The number of hydrogen-bond donors (Lipinski definition) is 1. The molecule has 3 rings (SSSR count). The summed E-state index contributed by atoms with van der Waals surface area (Å²) in [6.45, 7) is 3.95. The van der Waals surface area contributed by atoms with Gasteiger partial charge in [0.1, 0.15) is 5.82 Å². The lowest BCUT2D eigenvalue weighted by atomic mass is 10.2. The summed E-state index contributed by atoms with van der Waals surface area (Å²) < 4.78 is 15.2. The van der Waals surface area contributed by atoms with Crippen molar-refractivity contribution >= 4 is 23.9 Å². The molecule has 6 heteroatoms. The Kier molecular flexibility index (Phi) is 6.66. The van der Waals surface area contributed by atoms with Gasteiger partial charge in [0.2, 0.25) is 5.91 Å². The van der Waals surface area contributed by atoms with Crippen LogP contribution < -0.4 is 5.43 Å². The van der Waals surface area contributed by atoms with Crippen LogP contribution in [0.3, 0.4) is 0 Å². The van der Waals surface area contributed by atoms with E-state index in [0.29, 0.717) is 5.75 Å². The minimum atomic E-state index is -0.263. The van der Waals surface area contributed by atoms with E-state index >= 15 is 0 Å². The molecule has 0 aliphatic carbocycles. The summed E-state index contributed by atoms with van der Waals surface area (Å²) in [5.74, 6) is 0.739. The standard InChI is InChI=1S/C22H22FN3OS/c1-16-12-19(17(2)26(16)21-10-8-20(23)9-11-21)13-24-25-22(27)15-28-14-18-6-4-3-5-7-18/h3-13H,14-15H2,1-2H3,(H,25,27)/b24-13-. The molecular formula is C22H22FN3OS. The molecule has 0 fully saturated rings. The van der Waals surface area contributed by atoms with E-state index in [1.807, 2.05) is 54.8 Å². The van der Waals surface area contributed by atoms with Crippen molar-refractivity contribution in [1.82, 2.24) is 9.99 Å².